The maximum absolute atomic E-state index is 12.2. The number of nitro benzene ring substituents is 1. The predicted octanol–water partition coefficient (Wildman–Crippen LogP) is 2.84. The highest BCUT2D eigenvalue weighted by Crippen LogP contribution is 2.36. The summed E-state index contributed by atoms with van der Waals surface area (Å²) in [4.78, 5) is 26.5. The van der Waals surface area contributed by atoms with Crippen LogP contribution in [0.5, 0.6) is 0 Å². The van der Waals surface area contributed by atoms with Gasteiger partial charge < -0.3 is 10.5 Å². The van der Waals surface area contributed by atoms with Crippen molar-refractivity contribution in [3.8, 4) is 11.1 Å². The molecular formula is C15H10ClN5O4. The number of anilines is 1. The molecule has 2 N–H and O–H groups in total. The Kier molecular flexibility index (Phi) is 4.07. The highest BCUT2D eigenvalue weighted by Gasteiger charge is 2.24. The Morgan fingerprint density at radius 2 is 2.24 bits per heavy atom. The van der Waals surface area contributed by atoms with Crippen LogP contribution in [-0.2, 0) is 4.74 Å². The molecule has 1 aromatic carbocycles. The number of nitrogens with two attached hydrogens (primary N) is 1. The van der Waals surface area contributed by atoms with E-state index in [1.807, 2.05) is 0 Å². The molecule has 0 aliphatic carbocycles. The van der Waals surface area contributed by atoms with Crippen molar-refractivity contribution < 1.29 is 14.5 Å². The van der Waals surface area contributed by atoms with Gasteiger partial charge in [0.15, 0.2) is 5.82 Å². The number of halogens is 1. The predicted molar refractivity (Wildman–Crippen MR) is 90.1 cm³/mol. The fourth-order valence-corrected chi connectivity index (χ4v) is 2.68. The third-order valence-corrected chi connectivity index (χ3v) is 3.75. The molecule has 3 rings (SSSR count). The Bertz CT molecular complexity index is 1030. The molecule has 0 aliphatic heterocycles. The van der Waals surface area contributed by atoms with Crippen LogP contribution >= 0.6 is 11.6 Å². The first-order chi connectivity index (χ1) is 11.9. The number of hydrogen-bond acceptors (Lipinski definition) is 7. The van der Waals surface area contributed by atoms with E-state index in [2.05, 4.69) is 16.7 Å². The van der Waals surface area contributed by atoms with Gasteiger partial charge in [0, 0.05) is 17.8 Å². The second-order valence-corrected chi connectivity index (χ2v) is 5.26. The molecule has 0 bridgehead atoms. The van der Waals surface area contributed by atoms with Gasteiger partial charge in [-0.3, -0.25) is 10.1 Å². The molecule has 0 fully saturated rings. The zero-order chi connectivity index (χ0) is 18.1. The molecular weight excluding hydrogens is 350 g/mol. The topological polar surface area (TPSA) is 126 Å². The number of carbonyl (C=O) groups is 1. The summed E-state index contributed by atoms with van der Waals surface area (Å²) in [5.74, 6) is -0.568. The number of fused-ring (bicyclic) bond motifs is 1. The second kappa shape index (κ2) is 6.21. The van der Waals surface area contributed by atoms with E-state index in [1.165, 1.54) is 35.2 Å². The van der Waals surface area contributed by atoms with E-state index in [9.17, 15) is 14.9 Å². The van der Waals surface area contributed by atoms with Crippen molar-refractivity contribution in [1.82, 2.24) is 14.6 Å². The van der Waals surface area contributed by atoms with E-state index < -0.39 is 10.9 Å². The van der Waals surface area contributed by atoms with E-state index in [-0.39, 0.29) is 22.1 Å². The lowest BCUT2D eigenvalue weighted by molar-refractivity contribution is -0.384. The third-order valence-electron chi connectivity index (χ3n) is 3.45. The Labute approximate surface area is 145 Å². The number of nitro groups is 1. The summed E-state index contributed by atoms with van der Waals surface area (Å²) in [6.07, 6.45) is 3.65. The number of carbonyl (C=O) groups excluding carboxylic acids is 1. The first kappa shape index (κ1) is 16.4. The Morgan fingerprint density at radius 3 is 2.88 bits per heavy atom. The zero-order valence-electron chi connectivity index (χ0n) is 12.5. The summed E-state index contributed by atoms with van der Waals surface area (Å²) in [5.41, 5.74) is 6.92. The van der Waals surface area contributed by atoms with E-state index in [4.69, 9.17) is 22.1 Å². The van der Waals surface area contributed by atoms with E-state index in [1.54, 1.807) is 0 Å². The standard InChI is InChI=1S/C15H10ClN5O4/c1-2-25-15(22)9-6-20-13(14(17)18-7-19-20)12(9)8-3-4-11(21(23)24)10(16)5-8/h2-7H,1H2,(H2,17,18,19). The molecule has 25 heavy (non-hydrogen) atoms. The van der Waals surface area contributed by atoms with Gasteiger partial charge in [0.2, 0.25) is 0 Å². The lowest BCUT2D eigenvalue weighted by Crippen LogP contribution is -2.01. The monoisotopic (exact) mass is 359 g/mol. The van der Waals surface area contributed by atoms with E-state index in [0.717, 1.165) is 6.26 Å². The number of esters is 1. The largest absolute Gasteiger partial charge is 0.431 e. The van der Waals surface area contributed by atoms with Crippen molar-refractivity contribution in [2.75, 3.05) is 5.73 Å². The summed E-state index contributed by atoms with van der Waals surface area (Å²) >= 11 is 5.98. The molecule has 10 heteroatoms. The number of ether oxygens (including phenoxy) is 1. The Balaban J connectivity index is 2.32. The molecule has 0 unspecified atom stereocenters. The van der Waals surface area contributed by atoms with Gasteiger partial charge in [0.05, 0.1) is 16.7 Å². The van der Waals surface area contributed by atoms with Crippen molar-refractivity contribution in [3.05, 3.63) is 64.3 Å². The summed E-state index contributed by atoms with van der Waals surface area (Å²) in [6, 6.07) is 4.06. The number of nitrogen functional groups attached to an aromatic ring is 1. The minimum atomic E-state index is -0.690. The van der Waals surface area contributed by atoms with Crippen molar-refractivity contribution in [1.29, 1.82) is 0 Å². The lowest BCUT2D eigenvalue weighted by atomic mass is 10.0. The molecule has 9 nitrogen and oxygen atoms in total. The first-order valence-electron chi connectivity index (χ1n) is 6.82. The van der Waals surface area contributed by atoms with Crippen LogP contribution in [0.3, 0.4) is 0 Å². The number of benzene rings is 1. The smallest absolute Gasteiger partial charge is 0.345 e. The quantitative estimate of drug-likeness (QED) is 0.328. The van der Waals surface area contributed by atoms with Crippen molar-refractivity contribution in [2.24, 2.45) is 0 Å². The molecule has 2 aromatic heterocycles. The second-order valence-electron chi connectivity index (χ2n) is 4.85. The van der Waals surface area contributed by atoms with Crippen LogP contribution in [0.1, 0.15) is 10.4 Å². The summed E-state index contributed by atoms with van der Waals surface area (Å²) in [7, 11) is 0. The van der Waals surface area contributed by atoms with Crippen LogP contribution in [0.25, 0.3) is 16.6 Å². The normalized spacial score (nSPS) is 10.6. The molecule has 3 aromatic rings. The van der Waals surface area contributed by atoms with Gasteiger partial charge in [-0.15, -0.1) is 0 Å². The summed E-state index contributed by atoms with van der Waals surface area (Å²) in [5, 5.41) is 14.9. The highest BCUT2D eigenvalue weighted by atomic mass is 35.5. The van der Waals surface area contributed by atoms with E-state index in [0.29, 0.717) is 16.6 Å². The zero-order valence-corrected chi connectivity index (χ0v) is 13.3. The van der Waals surface area contributed by atoms with Gasteiger partial charge in [-0.1, -0.05) is 18.2 Å². The first-order valence-corrected chi connectivity index (χ1v) is 7.20. The van der Waals surface area contributed by atoms with Gasteiger partial charge in [0.1, 0.15) is 16.9 Å². The molecule has 126 valence electrons. The van der Waals surface area contributed by atoms with Crippen molar-refractivity contribution in [3.63, 3.8) is 0 Å². The molecule has 0 amide bonds. The molecule has 2 heterocycles. The van der Waals surface area contributed by atoms with Crippen molar-refractivity contribution >= 4 is 34.6 Å². The molecule has 0 radical (unpaired) electrons. The maximum Gasteiger partial charge on any atom is 0.345 e. The van der Waals surface area contributed by atoms with Crippen LogP contribution in [-0.4, -0.2) is 25.5 Å². The van der Waals surface area contributed by atoms with Gasteiger partial charge in [0.25, 0.3) is 5.69 Å². The summed E-state index contributed by atoms with van der Waals surface area (Å²) < 4.78 is 6.20. The molecule has 0 saturated carbocycles. The number of aromatic nitrogens is 3. The Morgan fingerprint density at radius 1 is 1.48 bits per heavy atom. The highest BCUT2D eigenvalue weighted by molar-refractivity contribution is 6.33. The third kappa shape index (κ3) is 2.76. The van der Waals surface area contributed by atoms with Gasteiger partial charge in [-0.25, -0.2) is 14.3 Å². The van der Waals surface area contributed by atoms with Crippen molar-refractivity contribution in [2.45, 2.75) is 0 Å². The van der Waals surface area contributed by atoms with Crippen LogP contribution in [0.4, 0.5) is 11.5 Å². The number of nitrogens with zero attached hydrogens (tertiary/aromatic N) is 4. The van der Waals surface area contributed by atoms with Crippen LogP contribution in [0.15, 0.2) is 43.6 Å². The molecule has 0 spiro atoms. The van der Waals surface area contributed by atoms with Gasteiger partial charge >= 0.3 is 5.97 Å². The minimum Gasteiger partial charge on any atom is -0.431 e. The van der Waals surface area contributed by atoms with Crippen LogP contribution in [0, 0.1) is 10.1 Å². The fraction of sp³-hybridized carbons (Fsp3) is 0. The maximum atomic E-state index is 12.2. The minimum absolute atomic E-state index is 0.0830. The van der Waals surface area contributed by atoms with E-state index >= 15 is 0 Å². The number of hydrogen-bond donors (Lipinski definition) is 1. The van der Waals surface area contributed by atoms with Crippen LogP contribution in [0.2, 0.25) is 5.02 Å². The average molecular weight is 360 g/mol. The molecule has 0 saturated heterocycles. The lowest BCUT2D eigenvalue weighted by Gasteiger charge is -2.06. The molecule has 0 aliphatic rings. The Hall–Kier alpha value is -3.46. The van der Waals surface area contributed by atoms with Gasteiger partial charge in [-0.05, 0) is 17.7 Å². The summed E-state index contributed by atoms with van der Waals surface area (Å²) in [6.45, 7) is 3.35. The SMILES string of the molecule is C=COC(=O)c1cn2ncnc(N)c2c1-c1ccc([N+](=O)[O-])c(Cl)c1. The van der Waals surface area contributed by atoms with Gasteiger partial charge in [-0.2, -0.15) is 5.10 Å². The van der Waals surface area contributed by atoms with Crippen LogP contribution < -0.4 is 5.73 Å². The number of rotatable bonds is 4. The fourth-order valence-electron chi connectivity index (χ4n) is 2.43. The molecule has 0 atom stereocenters. The average Bonchev–Trinajstić information content (AvgIpc) is 2.95.